The first-order valence-corrected chi connectivity index (χ1v) is 3.41. The van der Waals surface area contributed by atoms with Crippen molar-refractivity contribution < 1.29 is 103 Å². The summed E-state index contributed by atoms with van der Waals surface area (Å²) in [6.07, 6.45) is 0. The van der Waals surface area contributed by atoms with Crippen molar-refractivity contribution in [1.82, 2.24) is 0 Å². The molecule has 0 spiro atoms. The fraction of sp³-hybridized carbons (Fsp3) is 0.250. The van der Waals surface area contributed by atoms with Crippen molar-refractivity contribution in [2.45, 2.75) is 13.8 Å². The van der Waals surface area contributed by atoms with Crippen molar-refractivity contribution in [3.63, 3.8) is 0 Å². The molecule has 0 aliphatic heterocycles. The van der Waals surface area contributed by atoms with Crippen molar-refractivity contribution in [3.05, 3.63) is 29.3 Å². The van der Waals surface area contributed by atoms with Crippen LogP contribution < -0.4 is 108 Å². The molecule has 0 nitrogen and oxygen atoms in total. The van der Waals surface area contributed by atoms with Crippen LogP contribution in [0.15, 0.2) is 18.2 Å². The van der Waals surface area contributed by atoms with E-state index in [1.807, 2.05) is 12.1 Å². The summed E-state index contributed by atoms with van der Waals surface area (Å²) in [5.41, 5.74) is 2.59. The molecule has 0 aromatic heterocycles. The predicted octanol–water partition coefficient (Wildman–Crippen LogP) is -3.65. The minimum absolute atomic E-state index is 0. The molecule has 0 aliphatic carbocycles. The van der Waals surface area contributed by atoms with E-state index in [0.29, 0.717) is 0 Å². The van der Waals surface area contributed by atoms with E-state index in [-0.39, 0.29) is 103 Å². The van der Waals surface area contributed by atoms with Crippen LogP contribution in [0.25, 0.3) is 0 Å². The van der Waals surface area contributed by atoms with Gasteiger partial charge in [0.2, 0.25) is 0 Å². The maximum atomic E-state index is 4.27. The molecule has 0 fully saturated rings. The molecular formula is C8H9K2P. The number of benzene rings is 1. The Hall–Kier alpha value is 2.92. The average Bonchev–Trinajstić information content (AvgIpc) is 1.83. The van der Waals surface area contributed by atoms with Gasteiger partial charge in [-0.15, -0.1) is 11.6 Å². The van der Waals surface area contributed by atoms with E-state index in [0.717, 1.165) is 5.30 Å². The van der Waals surface area contributed by atoms with E-state index < -0.39 is 0 Å². The third-order valence-corrected chi connectivity index (χ3v) is 2.06. The molecule has 0 unspecified atom stereocenters. The van der Waals surface area contributed by atoms with Crippen molar-refractivity contribution in [2.24, 2.45) is 0 Å². The molecule has 0 radical (unpaired) electrons. The molecule has 1 rings (SSSR count). The van der Waals surface area contributed by atoms with Crippen LogP contribution in [0.1, 0.15) is 11.1 Å². The van der Waals surface area contributed by atoms with Crippen LogP contribution in [-0.4, -0.2) is 0 Å². The number of hydrogen-bond donors (Lipinski definition) is 0. The minimum atomic E-state index is 0. The summed E-state index contributed by atoms with van der Waals surface area (Å²) in [4.78, 5) is 0. The third-order valence-electron chi connectivity index (χ3n) is 1.58. The number of aryl methyl sites for hydroxylation is 1. The second-order valence-electron chi connectivity index (χ2n) is 2.22. The Morgan fingerprint density at radius 2 is 1.64 bits per heavy atom. The Morgan fingerprint density at radius 3 is 2.00 bits per heavy atom. The second-order valence-corrected chi connectivity index (χ2v) is 2.70. The maximum absolute atomic E-state index is 4.27. The molecule has 0 N–H and O–H groups in total. The topological polar surface area (TPSA) is 0 Å². The fourth-order valence-corrected chi connectivity index (χ4v) is 0.998. The molecule has 0 aliphatic rings. The molecule has 1 aromatic rings. The van der Waals surface area contributed by atoms with Crippen molar-refractivity contribution in [3.8, 4) is 0 Å². The Balaban J connectivity index is 0. The molecule has 1 aromatic carbocycles. The van der Waals surface area contributed by atoms with Gasteiger partial charge in [-0.05, 0) is 13.8 Å². The van der Waals surface area contributed by atoms with Gasteiger partial charge in [0, 0.05) is 0 Å². The van der Waals surface area contributed by atoms with Gasteiger partial charge in [0.05, 0.1) is 0 Å². The summed E-state index contributed by atoms with van der Waals surface area (Å²) in [5, 5.41) is 1.08. The van der Waals surface area contributed by atoms with Crippen LogP contribution in [0.2, 0.25) is 0 Å². The van der Waals surface area contributed by atoms with Crippen LogP contribution in [-0.2, 0) is 0 Å². The van der Waals surface area contributed by atoms with Gasteiger partial charge in [0.1, 0.15) is 0 Å². The summed E-state index contributed by atoms with van der Waals surface area (Å²) in [5.74, 6) is 0. The van der Waals surface area contributed by atoms with E-state index in [4.69, 9.17) is 0 Å². The van der Waals surface area contributed by atoms with E-state index in [1.165, 1.54) is 11.1 Å². The van der Waals surface area contributed by atoms with Gasteiger partial charge in [-0.1, -0.05) is 17.7 Å². The number of hydrogen-bond acceptors (Lipinski definition) is 0. The molecule has 48 valence electrons. The third kappa shape index (κ3) is 5.38. The van der Waals surface area contributed by atoms with Gasteiger partial charge in [0.15, 0.2) is 0 Å². The van der Waals surface area contributed by atoms with E-state index in [2.05, 4.69) is 29.2 Å². The molecule has 0 amide bonds. The quantitative estimate of drug-likeness (QED) is 0.309. The first kappa shape index (κ1) is 16.4. The SMILES string of the molecule is Cc1cccc([P-2])c1C.[K+].[K+]. The first-order valence-electron chi connectivity index (χ1n) is 2.97. The predicted molar refractivity (Wildman–Crippen MR) is 42.5 cm³/mol. The molecular weight excluding hydrogens is 205 g/mol. The first-order chi connectivity index (χ1) is 4.22. The zero-order valence-electron chi connectivity index (χ0n) is 7.68. The zero-order valence-corrected chi connectivity index (χ0v) is 14.8. The summed E-state index contributed by atoms with van der Waals surface area (Å²) >= 11 is 0. The zero-order chi connectivity index (χ0) is 6.85. The fourth-order valence-electron chi connectivity index (χ4n) is 0.736. The monoisotopic (exact) mass is 214 g/mol. The summed E-state index contributed by atoms with van der Waals surface area (Å²) in [6.45, 7) is 4.17. The van der Waals surface area contributed by atoms with Crippen LogP contribution in [0, 0.1) is 13.8 Å². The van der Waals surface area contributed by atoms with Crippen molar-refractivity contribution >= 4 is 14.5 Å². The van der Waals surface area contributed by atoms with Gasteiger partial charge < -0.3 is 14.5 Å². The Kier molecular flexibility index (Phi) is 12.3. The van der Waals surface area contributed by atoms with Gasteiger partial charge in [-0.25, -0.2) is 0 Å². The number of rotatable bonds is 0. The van der Waals surface area contributed by atoms with E-state index in [9.17, 15) is 0 Å². The largest absolute Gasteiger partial charge is 1.45 e. The molecule has 0 heterocycles. The van der Waals surface area contributed by atoms with Crippen LogP contribution in [0.4, 0.5) is 0 Å². The van der Waals surface area contributed by atoms with Crippen molar-refractivity contribution in [2.75, 3.05) is 0 Å². The van der Waals surface area contributed by atoms with Crippen LogP contribution in [0.3, 0.4) is 0 Å². The summed E-state index contributed by atoms with van der Waals surface area (Å²) in [6, 6.07) is 6.12. The second kappa shape index (κ2) is 8.25. The molecule has 0 saturated carbocycles. The van der Waals surface area contributed by atoms with Gasteiger partial charge in [-0.3, -0.25) is 0 Å². The van der Waals surface area contributed by atoms with Gasteiger partial charge in [0.25, 0.3) is 0 Å². The normalized spacial score (nSPS) is 7.91. The Morgan fingerprint density at radius 1 is 1.09 bits per heavy atom. The van der Waals surface area contributed by atoms with Gasteiger partial charge in [-0.2, -0.15) is 0 Å². The summed E-state index contributed by atoms with van der Waals surface area (Å²) in [7, 11) is 4.27. The molecule has 0 saturated heterocycles. The van der Waals surface area contributed by atoms with E-state index in [1.54, 1.807) is 0 Å². The summed E-state index contributed by atoms with van der Waals surface area (Å²) < 4.78 is 0. The molecule has 3 heteroatoms. The smallest absolute Gasteiger partial charge is 1.00 e. The Labute approximate surface area is 156 Å². The average molecular weight is 214 g/mol. The molecule has 0 atom stereocenters. The Bertz CT molecular complexity index is 203. The maximum Gasteiger partial charge on any atom is 1.00 e. The van der Waals surface area contributed by atoms with Crippen molar-refractivity contribution in [1.29, 1.82) is 0 Å². The minimum Gasteiger partial charge on any atom is -1.45 e. The van der Waals surface area contributed by atoms with Crippen LogP contribution in [0.5, 0.6) is 0 Å². The van der Waals surface area contributed by atoms with Crippen LogP contribution >= 0.6 is 9.24 Å². The van der Waals surface area contributed by atoms with Gasteiger partial charge >= 0.3 is 103 Å². The standard InChI is InChI=1S/C8H9P.2K/c1-6-4-3-5-8(9)7(6)2;;/h3-5H,1-2H3;;/q-2;2*+1. The molecule has 11 heavy (non-hydrogen) atoms. The molecule has 0 bridgehead atoms. The van der Waals surface area contributed by atoms with E-state index >= 15 is 0 Å².